The molecule has 0 heterocycles. The lowest BCUT2D eigenvalue weighted by Gasteiger charge is -2.40. The summed E-state index contributed by atoms with van der Waals surface area (Å²) in [4.78, 5) is 2.69. The van der Waals surface area contributed by atoms with E-state index in [0.29, 0.717) is 12.1 Å². The molecule has 0 aliphatic rings. The van der Waals surface area contributed by atoms with Gasteiger partial charge in [-0.2, -0.15) is 0 Å². The van der Waals surface area contributed by atoms with Gasteiger partial charge in [0, 0.05) is 25.2 Å². The zero-order valence-corrected chi connectivity index (χ0v) is 19.6. The van der Waals surface area contributed by atoms with Gasteiger partial charge in [-0.3, -0.25) is 4.90 Å². The molecule has 0 saturated carbocycles. The summed E-state index contributed by atoms with van der Waals surface area (Å²) in [7, 11) is 0. The van der Waals surface area contributed by atoms with Gasteiger partial charge < -0.3 is 10.6 Å². The molecule has 29 heavy (non-hydrogen) atoms. The summed E-state index contributed by atoms with van der Waals surface area (Å²) in [5.41, 5.74) is 8.46. The molecule has 0 spiro atoms. The zero-order valence-electron chi connectivity index (χ0n) is 19.6. The third kappa shape index (κ3) is 5.69. The molecule has 3 nitrogen and oxygen atoms in total. The molecule has 0 bridgehead atoms. The SMILES string of the molecule is CCNCC(c1cccc(C)c1C)N(CC)C(CNCC)c1cccc(C)c1C. The molecule has 160 valence electrons. The molecule has 0 aromatic heterocycles. The Morgan fingerprint density at radius 2 is 1.10 bits per heavy atom. The Morgan fingerprint density at radius 1 is 0.690 bits per heavy atom. The number of hydrogen-bond acceptors (Lipinski definition) is 3. The van der Waals surface area contributed by atoms with E-state index < -0.39 is 0 Å². The van der Waals surface area contributed by atoms with Crippen LogP contribution in [-0.2, 0) is 0 Å². The van der Waals surface area contributed by atoms with Gasteiger partial charge in [0.25, 0.3) is 0 Å². The van der Waals surface area contributed by atoms with Gasteiger partial charge >= 0.3 is 0 Å². The van der Waals surface area contributed by atoms with E-state index in [0.717, 1.165) is 32.7 Å². The van der Waals surface area contributed by atoms with Crippen molar-refractivity contribution in [3.8, 4) is 0 Å². The predicted octanol–water partition coefficient (Wildman–Crippen LogP) is 5.24. The summed E-state index contributed by atoms with van der Waals surface area (Å²) < 4.78 is 0. The normalized spacial score (nSPS) is 13.7. The topological polar surface area (TPSA) is 27.3 Å². The second-order valence-corrected chi connectivity index (χ2v) is 8.06. The minimum Gasteiger partial charge on any atom is -0.315 e. The van der Waals surface area contributed by atoms with E-state index in [4.69, 9.17) is 0 Å². The highest BCUT2D eigenvalue weighted by Crippen LogP contribution is 2.34. The monoisotopic (exact) mass is 395 g/mol. The molecule has 3 heteroatoms. The van der Waals surface area contributed by atoms with Crippen molar-refractivity contribution in [1.29, 1.82) is 0 Å². The highest BCUT2D eigenvalue weighted by molar-refractivity contribution is 5.38. The van der Waals surface area contributed by atoms with E-state index in [-0.39, 0.29) is 0 Å². The summed E-state index contributed by atoms with van der Waals surface area (Å²) in [6, 6.07) is 14.2. The zero-order chi connectivity index (χ0) is 21.4. The average molecular weight is 396 g/mol. The lowest BCUT2D eigenvalue weighted by atomic mass is 9.91. The largest absolute Gasteiger partial charge is 0.315 e. The van der Waals surface area contributed by atoms with Crippen LogP contribution in [0, 0.1) is 27.7 Å². The van der Waals surface area contributed by atoms with Gasteiger partial charge in [-0.05, 0) is 80.7 Å². The van der Waals surface area contributed by atoms with Crippen LogP contribution in [0.25, 0.3) is 0 Å². The van der Waals surface area contributed by atoms with E-state index in [1.807, 2.05) is 0 Å². The molecule has 2 unspecified atom stereocenters. The van der Waals surface area contributed by atoms with Crippen molar-refractivity contribution >= 4 is 0 Å². The van der Waals surface area contributed by atoms with E-state index in [2.05, 4.69) is 100 Å². The van der Waals surface area contributed by atoms with Crippen molar-refractivity contribution < 1.29 is 0 Å². The first-order valence-electron chi connectivity index (χ1n) is 11.3. The van der Waals surface area contributed by atoms with E-state index in [1.165, 1.54) is 33.4 Å². The molecule has 2 aromatic carbocycles. The van der Waals surface area contributed by atoms with Crippen LogP contribution >= 0.6 is 0 Å². The molecule has 0 saturated heterocycles. The lowest BCUT2D eigenvalue weighted by molar-refractivity contribution is 0.135. The van der Waals surface area contributed by atoms with Crippen LogP contribution in [0.2, 0.25) is 0 Å². The Bertz CT molecular complexity index is 705. The van der Waals surface area contributed by atoms with Gasteiger partial charge in [0.1, 0.15) is 0 Å². The fourth-order valence-corrected chi connectivity index (χ4v) is 4.30. The van der Waals surface area contributed by atoms with Crippen LogP contribution in [0.15, 0.2) is 36.4 Å². The number of benzene rings is 2. The fourth-order valence-electron chi connectivity index (χ4n) is 4.30. The Balaban J connectivity index is 2.55. The summed E-state index contributed by atoms with van der Waals surface area (Å²) >= 11 is 0. The van der Waals surface area contributed by atoms with Gasteiger partial charge in [-0.25, -0.2) is 0 Å². The van der Waals surface area contributed by atoms with Gasteiger partial charge in [0.2, 0.25) is 0 Å². The number of likely N-dealkylation sites (N-methyl/N-ethyl adjacent to an activating group) is 3. The Hall–Kier alpha value is -1.68. The maximum absolute atomic E-state index is 3.63. The number of hydrogen-bond donors (Lipinski definition) is 2. The summed E-state index contributed by atoms with van der Waals surface area (Å²) in [5, 5.41) is 7.27. The number of nitrogens with zero attached hydrogens (tertiary/aromatic N) is 1. The van der Waals surface area contributed by atoms with Crippen molar-refractivity contribution in [2.24, 2.45) is 0 Å². The first-order chi connectivity index (χ1) is 14.0. The molecule has 2 rings (SSSR count). The second-order valence-electron chi connectivity index (χ2n) is 8.06. The van der Waals surface area contributed by atoms with Crippen molar-refractivity contribution in [1.82, 2.24) is 15.5 Å². The van der Waals surface area contributed by atoms with Crippen LogP contribution in [-0.4, -0.2) is 37.6 Å². The molecular formula is C26H41N3. The maximum Gasteiger partial charge on any atom is 0.0481 e. The maximum atomic E-state index is 3.63. The Labute approximate surface area is 178 Å². The number of rotatable bonds is 11. The van der Waals surface area contributed by atoms with E-state index in [9.17, 15) is 0 Å². The third-order valence-electron chi connectivity index (χ3n) is 6.35. The van der Waals surface area contributed by atoms with Gasteiger partial charge in [-0.15, -0.1) is 0 Å². The van der Waals surface area contributed by atoms with E-state index >= 15 is 0 Å². The molecule has 2 N–H and O–H groups in total. The molecule has 2 atom stereocenters. The first-order valence-corrected chi connectivity index (χ1v) is 11.3. The summed E-state index contributed by atoms with van der Waals surface area (Å²) in [5.74, 6) is 0. The second kappa shape index (κ2) is 11.5. The lowest BCUT2D eigenvalue weighted by Crippen LogP contribution is -2.42. The van der Waals surface area contributed by atoms with Crippen LogP contribution in [0.5, 0.6) is 0 Å². The summed E-state index contributed by atoms with van der Waals surface area (Å²) in [6.07, 6.45) is 0. The first kappa shape index (κ1) is 23.6. The molecule has 0 aliphatic carbocycles. The molecule has 0 aliphatic heterocycles. The molecule has 0 radical (unpaired) electrons. The number of nitrogens with one attached hydrogen (secondary N) is 2. The van der Waals surface area contributed by atoms with Crippen molar-refractivity contribution in [3.05, 3.63) is 69.8 Å². The fraction of sp³-hybridized carbons (Fsp3) is 0.538. The van der Waals surface area contributed by atoms with Crippen LogP contribution in [0.4, 0.5) is 0 Å². The van der Waals surface area contributed by atoms with E-state index in [1.54, 1.807) is 0 Å². The Morgan fingerprint density at radius 3 is 1.45 bits per heavy atom. The smallest absolute Gasteiger partial charge is 0.0481 e. The van der Waals surface area contributed by atoms with Crippen LogP contribution < -0.4 is 10.6 Å². The molecule has 0 fully saturated rings. The molecule has 0 amide bonds. The quantitative estimate of drug-likeness (QED) is 0.544. The van der Waals surface area contributed by atoms with Gasteiger partial charge in [-0.1, -0.05) is 57.2 Å². The highest BCUT2D eigenvalue weighted by atomic mass is 15.2. The number of aryl methyl sites for hydroxylation is 2. The summed E-state index contributed by atoms with van der Waals surface area (Å²) in [6.45, 7) is 20.6. The molecule has 2 aromatic rings. The Kier molecular flexibility index (Phi) is 9.35. The van der Waals surface area contributed by atoms with Crippen molar-refractivity contribution in [2.75, 3.05) is 32.7 Å². The third-order valence-corrected chi connectivity index (χ3v) is 6.35. The standard InChI is InChI=1S/C26H41N3/c1-8-27-17-25(23-15-11-13-19(4)21(23)6)29(10-3)26(18-28-9-2)24-16-12-14-20(5)22(24)7/h11-16,25-28H,8-10,17-18H2,1-7H3. The highest BCUT2D eigenvalue weighted by Gasteiger charge is 2.29. The van der Waals surface area contributed by atoms with Crippen LogP contribution in [0.3, 0.4) is 0 Å². The van der Waals surface area contributed by atoms with Gasteiger partial charge in [0.15, 0.2) is 0 Å². The van der Waals surface area contributed by atoms with Crippen molar-refractivity contribution in [3.63, 3.8) is 0 Å². The van der Waals surface area contributed by atoms with Crippen molar-refractivity contribution in [2.45, 2.75) is 60.5 Å². The average Bonchev–Trinajstić information content (AvgIpc) is 2.72. The molecular weight excluding hydrogens is 354 g/mol. The minimum atomic E-state index is 0.336. The minimum absolute atomic E-state index is 0.336. The van der Waals surface area contributed by atoms with Crippen LogP contribution in [0.1, 0.15) is 66.2 Å². The van der Waals surface area contributed by atoms with Gasteiger partial charge in [0.05, 0.1) is 0 Å². The predicted molar refractivity (Wildman–Crippen MR) is 127 cm³/mol.